The molecule has 0 aromatic heterocycles. The third-order valence-corrected chi connectivity index (χ3v) is 7.68. The zero-order chi connectivity index (χ0) is 22.5. The van der Waals surface area contributed by atoms with E-state index in [-0.39, 0.29) is 5.52 Å². The average Bonchev–Trinajstić information content (AvgIpc) is 2.74. The van der Waals surface area contributed by atoms with Crippen molar-refractivity contribution in [1.29, 1.82) is 0 Å². The lowest BCUT2D eigenvalue weighted by atomic mass is 10.0. The Morgan fingerprint density at radius 1 is 0.710 bits per heavy atom. The number of benzene rings is 2. The molecule has 0 radical (unpaired) electrons. The summed E-state index contributed by atoms with van der Waals surface area (Å²) >= 11 is 0. The van der Waals surface area contributed by atoms with Gasteiger partial charge < -0.3 is 4.57 Å². The molecule has 170 valence electrons. The second kappa shape index (κ2) is 14.4. The van der Waals surface area contributed by atoms with E-state index in [0.29, 0.717) is 11.7 Å². The van der Waals surface area contributed by atoms with Crippen molar-refractivity contribution in [2.24, 2.45) is 0 Å². The summed E-state index contributed by atoms with van der Waals surface area (Å²) in [4.78, 5) is 12.6. The normalized spacial score (nSPS) is 12.1. The quantitative estimate of drug-likeness (QED) is 0.206. The number of hydrogen-bond acceptors (Lipinski definition) is 2. The van der Waals surface area contributed by atoms with Gasteiger partial charge in [0, 0.05) is 11.7 Å². The van der Waals surface area contributed by atoms with E-state index < -0.39 is 7.80 Å². The SMILES string of the molecule is Cc1cc(C)c(C(=O)[PH](=O)CCCCCCCCCCCCc2ccccc2)c(C)c1. The van der Waals surface area contributed by atoms with Crippen LogP contribution in [0.4, 0.5) is 0 Å². The van der Waals surface area contributed by atoms with Crippen LogP contribution in [0.5, 0.6) is 0 Å². The van der Waals surface area contributed by atoms with Crippen molar-refractivity contribution in [3.8, 4) is 0 Å². The third-order valence-electron chi connectivity index (χ3n) is 6.12. The Hall–Kier alpha value is -1.66. The Morgan fingerprint density at radius 2 is 1.19 bits per heavy atom. The van der Waals surface area contributed by atoms with E-state index in [2.05, 4.69) is 30.3 Å². The van der Waals surface area contributed by atoms with Gasteiger partial charge in [0.05, 0.1) is 0 Å². The molecule has 0 aliphatic heterocycles. The maximum atomic E-state index is 12.6. The maximum Gasteiger partial charge on any atom is 0.219 e. The largest absolute Gasteiger partial charge is 0.318 e. The van der Waals surface area contributed by atoms with Crippen LogP contribution in [0, 0.1) is 20.8 Å². The van der Waals surface area contributed by atoms with E-state index in [1.54, 1.807) is 0 Å². The molecule has 0 saturated heterocycles. The molecule has 0 heterocycles. The van der Waals surface area contributed by atoms with Gasteiger partial charge in [0.2, 0.25) is 5.52 Å². The van der Waals surface area contributed by atoms with Gasteiger partial charge in [-0.1, -0.05) is 99.4 Å². The fourth-order valence-corrected chi connectivity index (χ4v) is 5.94. The van der Waals surface area contributed by atoms with E-state index in [1.165, 1.54) is 63.4 Å². The van der Waals surface area contributed by atoms with E-state index >= 15 is 0 Å². The van der Waals surface area contributed by atoms with Gasteiger partial charge in [-0.05, 0) is 56.7 Å². The maximum absolute atomic E-state index is 12.6. The lowest BCUT2D eigenvalue weighted by molar-refractivity contribution is 0.107. The van der Waals surface area contributed by atoms with Crippen LogP contribution in [-0.2, 0) is 11.0 Å². The minimum atomic E-state index is -2.20. The van der Waals surface area contributed by atoms with Gasteiger partial charge in [0.25, 0.3) is 0 Å². The summed E-state index contributed by atoms with van der Waals surface area (Å²) in [5, 5.41) is 0. The van der Waals surface area contributed by atoms with Crippen molar-refractivity contribution in [3.63, 3.8) is 0 Å². The van der Waals surface area contributed by atoms with Gasteiger partial charge in [0.1, 0.15) is 7.80 Å². The summed E-state index contributed by atoms with van der Waals surface area (Å²) in [6.45, 7) is 5.93. The van der Waals surface area contributed by atoms with E-state index in [4.69, 9.17) is 0 Å². The average molecular weight is 441 g/mol. The first-order chi connectivity index (χ1) is 15.0. The summed E-state index contributed by atoms with van der Waals surface area (Å²) in [7, 11) is -2.20. The summed E-state index contributed by atoms with van der Waals surface area (Å²) in [6.07, 6.45) is 14.2. The van der Waals surface area contributed by atoms with Crippen LogP contribution in [0.15, 0.2) is 42.5 Å². The molecule has 2 rings (SSSR count). The Kier molecular flexibility index (Phi) is 11.9. The summed E-state index contributed by atoms with van der Waals surface area (Å²) in [5.74, 6) is 0. The zero-order valence-electron chi connectivity index (χ0n) is 19.8. The molecule has 0 spiro atoms. The number of carbonyl (C=O) groups excluding carboxylic acids is 1. The second-order valence-corrected chi connectivity index (χ2v) is 10.8. The number of aryl methyl sites for hydroxylation is 4. The van der Waals surface area contributed by atoms with Crippen LogP contribution in [0.3, 0.4) is 0 Å². The molecule has 2 nitrogen and oxygen atoms in total. The molecule has 0 aliphatic carbocycles. The predicted molar refractivity (Wildman–Crippen MR) is 135 cm³/mol. The molecule has 31 heavy (non-hydrogen) atoms. The molecule has 0 saturated carbocycles. The third kappa shape index (κ3) is 9.56. The highest BCUT2D eigenvalue weighted by molar-refractivity contribution is 7.64. The van der Waals surface area contributed by atoms with E-state index in [1.807, 2.05) is 32.9 Å². The van der Waals surface area contributed by atoms with Gasteiger partial charge in [0.15, 0.2) is 0 Å². The molecule has 0 bridgehead atoms. The Labute approximate surface area is 190 Å². The summed E-state index contributed by atoms with van der Waals surface area (Å²) < 4.78 is 12.5. The Balaban J connectivity index is 1.47. The summed E-state index contributed by atoms with van der Waals surface area (Å²) in [5.41, 5.74) is 5.10. The number of carbonyl (C=O) groups is 1. The van der Waals surface area contributed by atoms with Crippen molar-refractivity contribution in [3.05, 3.63) is 70.3 Å². The fraction of sp³-hybridized carbons (Fsp3) is 0.536. The first kappa shape index (κ1) is 25.6. The minimum absolute atomic E-state index is 0.118. The minimum Gasteiger partial charge on any atom is -0.318 e. The monoisotopic (exact) mass is 440 g/mol. The van der Waals surface area contributed by atoms with Crippen LogP contribution in [-0.4, -0.2) is 11.7 Å². The highest BCUT2D eigenvalue weighted by Crippen LogP contribution is 2.32. The van der Waals surface area contributed by atoms with Gasteiger partial charge in [-0.3, -0.25) is 4.79 Å². The zero-order valence-corrected chi connectivity index (χ0v) is 20.8. The first-order valence-corrected chi connectivity index (χ1v) is 13.8. The highest BCUT2D eigenvalue weighted by Gasteiger charge is 2.18. The van der Waals surface area contributed by atoms with Crippen LogP contribution < -0.4 is 0 Å². The number of unbranched alkanes of at least 4 members (excludes halogenated alkanes) is 9. The molecule has 0 fully saturated rings. The molecule has 2 aromatic carbocycles. The summed E-state index contributed by atoms with van der Waals surface area (Å²) in [6, 6.07) is 14.8. The predicted octanol–water partition coefficient (Wildman–Crippen LogP) is 8.46. The molecule has 3 heteroatoms. The van der Waals surface area contributed by atoms with Crippen LogP contribution in [0.1, 0.15) is 96.8 Å². The number of hydrogen-bond donors (Lipinski definition) is 0. The lowest BCUT2D eigenvalue weighted by Gasteiger charge is -2.10. The van der Waals surface area contributed by atoms with Crippen molar-refractivity contribution >= 4 is 13.3 Å². The molecule has 0 amide bonds. The van der Waals surface area contributed by atoms with Gasteiger partial charge in [-0.2, -0.15) is 0 Å². The fourth-order valence-electron chi connectivity index (χ4n) is 4.46. The van der Waals surface area contributed by atoms with Gasteiger partial charge in [-0.15, -0.1) is 0 Å². The molecule has 2 aromatic rings. The standard InChI is InChI=1S/C28H41O2P/c1-23-21-24(2)27(25(3)22-23)28(29)31(30)20-16-11-9-7-5-4-6-8-10-13-17-26-18-14-12-15-19-26/h12,14-15,18-19,21-22,31H,4-11,13,16-17,20H2,1-3H3. The lowest BCUT2D eigenvalue weighted by Crippen LogP contribution is -2.02. The van der Waals surface area contributed by atoms with Crippen molar-refractivity contribution in [2.45, 2.75) is 91.4 Å². The van der Waals surface area contributed by atoms with Gasteiger partial charge >= 0.3 is 0 Å². The van der Waals surface area contributed by atoms with Crippen molar-refractivity contribution < 1.29 is 9.36 Å². The molecule has 1 unspecified atom stereocenters. The van der Waals surface area contributed by atoms with Crippen LogP contribution in [0.25, 0.3) is 0 Å². The molecular formula is C28H41O2P. The molecule has 1 atom stereocenters. The second-order valence-electron chi connectivity index (χ2n) is 9.05. The topological polar surface area (TPSA) is 34.1 Å². The Bertz CT molecular complexity index is 803. The van der Waals surface area contributed by atoms with Crippen molar-refractivity contribution in [1.82, 2.24) is 0 Å². The van der Waals surface area contributed by atoms with E-state index in [0.717, 1.165) is 29.5 Å². The van der Waals surface area contributed by atoms with Crippen LogP contribution >= 0.6 is 7.80 Å². The smallest absolute Gasteiger partial charge is 0.219 e. The highest BCUT2D eigenvalue weighted by atomic mass is 31.1. The Morgan fingerprint density at radius 3 is 1.74 bits per heavy atom. The van der Waals surface area contributed by atoms with Crippen LogP contribution in [0.2, 0.25) is 0 Å². The first-order valence-electron chi connectivity index (χ1n) is 12.2. The van der Waals surface area contributed by atoms with E-state index in [9.17, 15) is 9.36 Å². The molecular weight excluding hydrogens is 399 g/mol. The van der Waals surface area contributed by atoms with Crippen molar-refractivity contribution in [2.75, 3.05) is 6.16 Å². The molecule has 0 aliphatic rings. The number of rotatable bonds is 15. The van der Waals surface area contributed by atoms with Gasteiger partial charge in [-0.25, -0.2) is 0 Å². The molecule has 0 N–H and O–H groups in total.